The summed E-state index contributed by atoms with van der Waals surface area (Å²) in [5.41, 5.74) is 8.77. The molecule has 3 aromatic heterocycles. The largest absolute Gasteiger partial charge is 0.396 e. The number of H-pyrrole nitrogens is 1. The van der Waals surface area contributed by atoms with Crippen LogP contribution in [0.25, 0.3) is 22.4 Å². The number of aromatic amines is 1. The summed E-state index contributed by atoms with van der Waals surface area (Å²) in [5.74, 6) is 0.403. The molecule has 0 bridgehead atoms. The maximum Gasteiger partial charge on any atom is 0.164 e. The first-order chi connectivity index (χ1) is 10.3. The van der Waals surface area contributed by atoms with Gasteiger partial charge < -0.3 is 16.2 Å². The lowest BCUT2D eigenvalue weighted by atomic mass is 10.2. The number of fused-ring (bicyclic) bond motifs is 1. The smallest absolute Gasteiger partial charge is 0.164 e. The van der Waals surface area contributed by atoms with Gasteiger partial charge in [-0.05, 0) is 24.6 Å². The van der Waals surface area contributed by atoms with Crippen LogP contribution in [0.1, 0.15) is 6.42 Å². The molecule has 0 spiro atoms. The summed E-state index contributed by atoms with van der Waals surface area (Å²) >= 11 is 0. The van der Waals surface area contributed by atoms with Crippen molar-refractivity contribution in [2.45, 2.75) is 6.42 Å². The highest BCUT2D eigenvalue weighted by atomic mass is 16.3. The van der Waals surface area contributed by atoms with Gasteiger partial charge in [0.05, 0.1) is 5.69 Å². The molecule has 0 aliphatic carbocycles. The molecule has 3 heterocycles. The van der Waals surface area contributed by atoms with Gasteiger partial charge in [0.15, 0.2) is 5.65 Å². The Labute approximate surface area is 121 Å². The van der Waals surface area contributed by atoms with E-state index in [0.717, 1.165) is 22.5 Å². The summed E-state index contributed by atoms with van der Waals surface area (Å²) in [4.78, 5) is 8.78. The Morgan fingerprint density at radius 1 is 1.19 bits per heavy atom. The Morgan fingerprint density at radius 2 is 2.10 bits per heavy atom. The number of nitrogen functional groups attached to an aromatic ring is 1. The molecule has 7 nitrogen and oxygen atoms in total. The normalized spacial score (nSPS) is 10.9. The summed E-state index contributed by atoms with van der Waals surface area (Å²) in [7, 11) is 0. The molecule has 3 rings (SSSR count). The van der Waals surface area contributed by atoms with Crippen molar-refractivity contribution in [1.82, 2.24) is 20.2 Å². The third kappa shape index (κ3) is 2.77. The van der Waals surface area contributed by atoms with E-state index in [-0.39, 0.29) is 6.61 Å². The Kier molecular flexibility index (Phi) is 3.65. The highest BCUT2D eigenvalue weighted by molar-refractivity contribution is 5.91. The van der Waals surface area contributed by atoms with Crippen molar-refractivity contribution >= 4 is 22.5 Å². The van der Waals surface area contributed by atoms with Crippen molar-refractivity contribution in [3.8, 4) is 11.4 Å². The average Bonchev–Trinajstić information content (AvgIpc) is 3.01. The molecule has 0 unspecified atom stereocenters. The maximum absolute atomic E-state index is 8.85. The summed E-state index contributed by atoms with van der Waals surface area (Å²) in [6.45, 7) is 0.809. The summed E-state index contributed by atoms with van der Waals surface area (Å²) in [6, 6.07) is 7.46. The van der Waals surface area contributed by atoms with Crippen molar-refractivity contribution in [2.24, 2.45) is 0 Å². The zero-order valence-corrected chi connectivity index (χ0v) is 11.4. The topological polar surface area (TPSA) is 113 Å². The number of rotatable bonds is 5. The van der Waals surface area contributed by atoms with E-state index in [9.17, 15) is 0 Å². The minimum Gasteiger partial charge on any atom is -0.396 e. The maximum atomic E-state index is 8.85. The van der Waals surface area contributed by atoms with E-state index in [0.29, 0.717) is 24.4 Å². The van der Waals surface area contributed by atoms with Crippen LogP contribution in [0.2, 0.25) is 0 Å². The second-order valence-corrected chi connectivity index (χ2v) is 4.63. The fourth-order valence-electron chi connectivity index (χ4n) is 2.12. The highest BCUT2D eigenvalue weighted by Crippen LogP contribution is 2.25. The number of pyridine rings is 2. The van der Waals surface area contributed by atoms with Crippen molar-refractivity contribution in [1.29, 1.82) is 0 Å². The van der Waals surface area contributed by atoms with Crippen LogP contribution in [0.15, 0.2) is 30.5 Å². The first-order valence-electron chi connectivity index (χ1n) is 6.70. The number of hydrogen-bond acceptors (Lipinski definition) is 6. The predicted octanol–water partition coefficient (Wildman–Crippen LogP) is 1.40. The van der Waals surface area contributed by atoms with Gasteiger partial charge in [-0.3, -0.25) is 5.10 Å². The second-order valence-electron chi connectivity index (χ2n) is 4.63. The predicted molar refractivity (Wildman–Crippen MR) is 81.7 cm³/mol. The van der Waals surface area contributed by atoms with Gasteiger partial charge in [0.2, 0.25) is 0 Å². The molecular formula is C14H16N6O. The molecule has 0 fully saturated rings. The molecule has 3 aromatic rings. The van der Waals surface area contributed by atoms with Crippen molar-refractivity contribution in [3.05, 3.63) is 30.5 Å². The van der Waals surface area contributed by atoms with Gasteiger partial charge >= 0.3 is 0 Å². The van der Waals surface area contributed by atoms with Crippen molar-refractivity contribution in [2.75, 3.05) is 24.2 Å². The lowest BCUT2D eigenvalue weighted by Crippen LogP contribution is -2.05. The van der Waals surface area contributed by atoms with Crippen LogP contribution >= 0.6 is 0 Å². The van der Waals surface area contributed by atoms with E-state index in [2.05, 4.69) is 25.5 Å². The van der Waals surface area contributed by atoms with Crippen molar-refractivity contribution < 1.29 is 5.11 Å². The van der Waals surface area contributed by atoms with Gasteiger partial charge in [-0.1, -0.05) is 0 Å². The number of aliphatic hydroxyl groups excluding tert-OH is 1. The lowest BCUT2D eigenvalue weighted by Gasteiger charge is -2.10. The molecule has 108 valence electrons. The van der Waals surface area contributed by atoms with E-state index in [1.165, 1.54) is 0 Å². The first-order valence-corrected chi connectivity index (χ1v) is 6.70. The van der Waals surface area contributed by atoms with E-state index in [1.807, 2.05) is 18.2 Å². The van der Waals surface area contributed by atoms with Crippen LogP contribution in [0, 0.1) is 0 Å². The second kappa shape index (κ2) is 5.76. The Bertz CT molecular complexity index is 741. The lowest BCUT2D eigenvalue weighted by molar-refractivity contribution is 0.292. The Hall–Kier alpha value is -2.67. The highest BCUT2D eigenvalue weighted by Gasteiger charge is 2.08. The molecule has 0 aliphatic heterocycles. The molecule has 0 saturated heterocycles. The fraction of sp³-hybridized carbons (Fsp3) is 0.214. The molecule has 0 saturated carbocycles. The zero-order valence-electron chi connectivity index (χ0n) is 11.4. The molecule has 0 radical (unpaired) electrons. The number of hydrogen-bond donors (Lipinski definition) is 4. The van der Waals surface area contributed by atoms with Crippen LogP contribution in [0.3, 0.4) is 0 Å². The molecule has 0 aromatic carbocycles. The van der Waals surface area contributed by atoms with Gasteiger partial charge in [-0.25, -0.2) is 9.97 Å². The van der Waals surface area contributed by atoms with E-state index >= 15 is 0 Å². The SMILES string of the molecule is Nc1cc(NCCCO)c2ccc(-c3cc[nH]n3)nc2n1. The minimum absolute atomic E-state index is 0.146. The summed E-state index contributed by atoms with van der Waals surface area (Å²) in [5, 5.41) is 19.9. The molecule has 7 heteroatoms. The zero-order chi connectivity index (χ0) is 14.7. The number of nitrogens with two attached hydrogens (primary N) is 1. The summed E-state index contributed by atoms with van der Waals surface area (Å²) in [6.07, 6.45) is 2.42. The van der Waals surface area contributed by atoms with Crippen molar-refractivity contribution in [3.63, 3.8) is 0 Å². The third-order valence-corrected chi connectivity index (χ3v) is 3.11. The first kappa shape index (κ1) is 13.3. The number of aromatic nitrogens is 4. The molecular weight excluding hydrogens is 268 g/mol. The van der Waals surface area contributed by atoms with E-state index < -0.39 is 0 Å². The molecule has 0 aliphatic rings. The summed E-state index contributed by atoms with van der Waals surface area (Å²) < 4.78 is 0. The van der Waals surface area contributed by atoms with Crippen LogP contribution in [-0.4, -0.2) is 38.4 Å². The molecule has 21 heavy (non-hydrogen) atoms. The number of aliphatic hydroxyl groups is 1. The van der Waals surface area contributed by atoms with Crippen LogP contribution in [0.4, 0.5) is 11.5 Å². The number of nitrogens with zero attached hydrogens (tertiary/aromatic N) is 3. The average molecular weight is 284 g/mol. The quantitative estimate of drug-likeness (QED) is 0.527. The number of nitrogens with one attached hydrogen (secondary N) is 2. The number of anilines is 2. The van der Waals surface area contributed by atoms with Gasteiger partial charge in [0, 0.05) is 36.5 Å². The standard InChI is InChI=1S/C14H16N6O/c15-13-8-12(16-5-1-7-21)9-2-3-10(18-14(9)19-13)11-4-6-17-20-11/h2-4,6,8,21H,1,5,7H2,(H,17,20)(H3,15,16,18,19). The van der Waals surface area contributed by atoms with Gasteiger partial charge in [-0.2, -0.15) is 5.10 Å². The third-order valence-electron chi connectivity index (χ3n) is 3.11. The van der Waals surface area contributed by atoms with E-state index in [4.69, 9.17) is 10.8 Å². The monoisotopic (exact) mass is 284 g/mol. The Balaban J connectivity index is 2.01. The molecule has 0 atom stereocenters. The van der Waals surface area contributed by atoms with Crippen LogP contribution < -0.4 is 11.1 Å². The van der Waals surface area contributed by atoms with Gasteiger partial charge in [-0.15, -0.1) is 0 Å². The van der Waals surface area contributed by atoms with E-state index in [1.54, 1.807) is 12.3 Å². The van der Waals surface area contributed by atoms with Gasteiger partial charge in [0.25, 0.3) is 0 Å². The molecule has 5 N–H and O–H groups in total. The van der Waals surface area contributed by atoms with Gasteiger partial charge in [0.1, 0.15) is 11.5 Å². The molecule has 0 amide bonds. The van der Waals surface area contributed by atoms with Crippen LogP contribution in [-0.2, 0) is 0 Å². The minimum atomic E-state index is 0.146. The van der Waals surface area contributed by atoms with Crippen LogP contribution in [0.5, 0.6) is 0 Å². The Morgan fingerprint density at radius 3 is 2.86 bits per heavy atom. The fourth-order valence-corrected chi connectivity index (χ4v) is 2.12.